The molecule has 0 bridgehead atoms. The van der Waals surface area contributed by atoms with Gasteiger partial charge >= 0.3 is 0 Å². The van der Waals surface area contributed by atoms with Crippen LogP contribution in [0.3, 0.4) is 0 Å². The molecule has 5 heteroatoms. The number of aromatic hydroxyl groups is 1. The van der Waals surface area contributed by atoms with Crippen molar-refractivity contribution in [3.8, 4) is 49.8 Å². The van der Waals surface area contributed by atoms with Crippen LogP contribution in [0, 0.1) is 6.07 Å². The van der Waals surface area contributed by atoms with Gasteiger partial charge in [-0.25, -0.2) is 4.98 Å². The van der Waals surface area contributed by atoms with Crippen LogP contribution < -0.4 is 0 Å². The van der Waals surface area contributed by atoms with E-state index in [1.165, 1.54) is 22.3 Å². The topological polar surface area (TPSA) is 46.0 Å². The van der Waals surface area contributed by atoms with Crippen LogP contribution in [-0.4, -0.2) is 15.1 Å². The number of rotatable bonds is 6. The van der Waals surface area contributed by atoms with Crippen molar-refractivity contribution >= 4 is 21.6 Å². The Bertz CT molecular complexity index is 2430. The van der Waals surface area contributed by atoms with Gasteiger partial charge in [-0.1, -0.05) is 152 Å². The Labute approximate surface area is 339 Å². The molecule has 0 amide bonds. The van der Waals surface area contributed by atoms with Crippen molar-refractivity contribution in [1.82, 2.24) is 9.97 Å². The van der Waals surface area contributed by atoms with E-state index >= 15 is 0 Å². The number of aromatic nitrogens is 2. The molecule has 7 rings (SSSR count). The van der Waals surface area contributed by atoms with Gasteiger partial charge in [-0.15, -0.1) is 40.7 Å². The molecule has 0 unspecified atom stereocenters. The number of thiazole rings is 1. The van der Waals surface area contributed by atoms with Gasteiger partial charge in [0, 0.05) is 43.2 Å². The number of phenols is 1. The zero-order valence-electron chi connectivity index (χ0n) is 32.7. The normalized spacial score (nSPS) is 12.2. The van der Waals surface area contributed by atoms with Crippen molar-refractivity contribution in [2.75, 3.05) is 0 Å². The van der Waals surface area contributed by atoms with Crippen LogP contribution >= 0.6 is 11.3 Å². The molecule has 0 aliphatic rings. The van der Waals surface area contributed by atoms with E-state index in [2.05, 4.69) is 178 Å². The monoisotopic (exact) mass is 908 g/mol. The average Bonchev–Trinajstić information content (AvgIpc) is 3.55. The minimum Gasteiger partial charge on any atom is -0.507 e. The molecule has 0 saturated heterocycles. The van der Waals surface area contributed by atoms with Crippen molar-refractivity contribution in [2.24, 2.45) is 0 Å². The summed E-state index contributed by atoms with van der Waals surface area (Å²) in [6.45, 7) is 19.8. The Hall–Kier alpha value is -4.37. The molecule has 54 heavy (non-hydrogen) atoms. The molecule has 0 atom stereocenters. The van der Waals surface area contributed by atoms with Crippen LogP contribution in [0.4, 0.5) is 0 Å². The quantitative estimate of drug-likeness (QED) is 0.169. The third kappa shape index (κ3) is 8.31. The first-order valence-corrected chi connectivity index (χ1v) is 19.3. The van der Waals surface area contributed by atoms with Crippen LogP contribution in [0.25, 0.3) is 54.3 Å². The standard InChI is InChI=1S/C49H49N2OS.Pt/c1-47(2,3)37-26-35(25-36(27-37)42-28-34(22-23-50-42)33-20-18-32(19-21-33)24-31-14-11-10-12-15-31)39-16-13-17-43-44(39)51-46(53-43)40-29-38(48(4,5)6)30-41(45(40)52)49(7,8)9;/h10-23,26-30,52H,24H2,1-9H3;/q-1;. The number of hydrogen-bond acceptors (Lipinski definition) is 4. The second-order valence-electron chi connectivity index (χ2n) is 17.3. The first-order valence-electron chi connectivity index (χ1n) is 18.5. The fourth-order valence-electron chi connectivity index (χ4n) is 6.77. The molecular weight excluding hydrogens is 860 g/mol. The van der Waals surface area contributed by atoms with E-state index in [0.717, 1.165) is 66.3 Å². The SMILES string of the molecule is CC(C)(C)c1cc(-c2cc(-c3ccc(Cc4ccccc4)cc3)ccn2)[c-]c(-c2cccc3sc(-c4cc(C(C)(C)C)cc(C(C)(C)C)c4O)nc23)c1.[Pt]. The average molecular weight is 909 g/mol. The van der Waals surface area contributed by atoms with E-state index in [9.17, 15) is 5.11 Å². The molecule has 1 N–H and O–H groups in total. The fourth-order valence-corrected chi connectivity index (χ4v) is 7.78. The molecule has 0 aliphatic carbocycles. The maximum Gasteiger partial charge on any atom is 0.129 e. The molecule has 0 spiro atoms. The summed E-state index contributed by atoms with van der Waals surface area (Å²) in [4.78, 5) is 10.1. The number of hydrogen-bond donors (Lipinski definition) is 1. The molecule has 5 aromatic carbocycles. The first-order chi connectivity index (χ1) is 25.0. The number of nitrogens with zero attached hydrogens (tertiary/aromatic N) is 2. The van der Waals surface area contributed by atoms with Crippen molar-refractivity contribution in [3.63, 3.8) is 0 Å². The third-order valence-corrected chi connectivity index (χ3v) is 11.1. The van der Waals surface area contributed by atoms with Gasteiger partial charge in [0.15, 0.2) is 0 Å². The number of phenolic OH excluding ortho intramolecular Hbond substituents is 1. The van der Waals surface area contributed by atoms with Gasteiger partial charge in [-0.2, -0.15) is 0 Å². The van der Waals surface area contributed by atoms with Gasteiger partial charge in [0.2, 0.25) is 0 Å². The third-order valence-electron chi connectivity index (χ3n) is 10.0. The number of fused-ring (bicyclic) bond motifs is 1. The minimum absolute atomic E-state index is 0. The zero-order chi connectivity index (χ0) is 37.7. The van der Waals surface area contributed by atoms with Crippen molar-refractivity contribution in [1.29, 1.82) is 0 Å². The smallest absolute Gasteiger partial charge is 0.129 e. The molecule has 2 aromatic heterocycles. The molecule has 0 saturated carbocycles. The minimum atomic E-state index is -0.224. The van der Waals surface area contributed by atoms with E-state index in [-0.39, 0.29) is 37.3 Å². The van der Waals surface area contributed by atoms with Gasteiger partial charge in [-0.05, 0) is 68.7 Å². The Balaban J connectivity index is 0.00000497. The summed E-state index contributed by atoms with van der Waals surface area (Å²) in [5.74, 6) is 0.312. The Morgan fingerprint density at radius 3 is 1.93 bits per heavy atom. The molecule has 2 heterocycles. The van der Waals surface area contributed by atoms with Crippen LogP contribution in [-0.2, 0) is 43.7 Å². The maximum atomic E-state index is 11.7. The maximum absolute atomic E-state index is 11.7. The Kier molecular flexibility index (Phi) is 11.0. The van der Waals surface area contributed by atoms with Gasteiger partial charge in [0.05, 0.1) is 11.1 Å². The predicted molar refractivity (Wildman–Crippen MR) is 225 cm³/mol. The molecule has 7 aromatic rings. The molecule has 0 radical (unpaired) electrons. The van der Waals surface area contributed by atoms with Crippen molar-refractivity contribution in [2.45, 2.75) is 85.0 Å². The van der Waals surface area contributed by atoms with E-state index in [1.807, 2.05) is 6.20 Å². The van der Waals surface area contributed by atoms with E-state index in [1.54, 1.807) is 11.3 Å². The van der Waals surface area contributed by atoms with Crippen LogP contribution in [0.1, 0.15) is 90.1 Å². The summed E-state index contributed by atoms with van der Waals surface area (Å²) >= 11 is 1.63. The van der Waals surface area contributed by atoms with Gasteiger partial charge in [0.25, 0.3) is 0 Å². The molecule has 3 nitrogen and oxygen atoms in total. The van der Waals surface area contributed by atoms with E-state index in [4.69, 9.17) is 9.97 Å². The van der Waals surface area contributed by atoms with Crippen LogP contribution in [0.5, 0.6) is 5.75 Å². The second kappa shape index (κ2) is 15.0. The number of para-hydroxylation sites is 1. The van der Waals surface area contributed by atoms with Crippen LogP contribution in [0.15, 0.2) is 115 Å². The summed E-state index contributed by atoms with van der Waals surface area (Å²) in [5.41, 5.74) is 13.3. The molecule has 0 aliphatic heterocycles. The Morgan fingerprint density at radius 2 is 1.26 bits per heavy atom. The second-order valence-corrected chi connectivity index (χ2v) is 18.4. The zero-order valence-corrected chi connectivity index (χ0v) is 35.8. The Morgan fingerprint density at radius 1 is 0.611 bits per heavy atom. The van der Waals surface area contributed by atoms with E-state index < -0.39 is 0 Å². The van der Waals surface area contributed by atoms with Gasteiger partial charge in [0.1, 0.15) is 10.8 Å². The fraction of sp³-hybridized carbons (Fsp3) is 0.265. The summed E-state index contributed by atoms with van der Waals surface area (Å²) in [7, 11) is 0. The van der Waals surface area contributed by atoms with E-state index in [0.29, 0.717) is 5.75 Å². The van der Waals surface area contributed by atoms with Gasteiger partial charge < -0.3 is 5.11 Å². The first kappa shape index (κ1) is 39.3. The number of pyridine rings is 1. The molecule has 278 valence electrons. The van der Waals surface area contributed by atoms with Gasteiger partial charge in [-0.3, -0.25) is 4.98 Å². The molecular formula is C49H49N2OPtS-. The molecule has 0 fully saturated rings. The summed E-state index contributed by atoms with van der Waals surface area (Å²) < 4.78 is 1.07. The van der Waals surface area contributed by atoms with Crippen LogP contribution in [0.2, 0.25) is 0 Å². The summed E-state index contributed by atoms with van der Waals surface area (Å²) in [5, 5.41) is 12.5. The number of benzene rings is 5. The van der Waals surface area contributed by atoms with Crippen molar-refractivity contribution < 1.29 is 26.2 Å². The predicted octanol–water partition coefficient (Wildman–Crippen LogP) is 13.3. The largest absolute Gasteiger partial charge is 0.507 e. The van der Waals surface area contributed by atoms with Crippen molar-refractivity contribution in [3.05, 3.63) is 149 Å². The summed E-state index contributed by atoms with van der Waals surface area (Å²) in [6, 6.07) is 42.6. The summed E-state index contributed by atoms with van der Waals surface area (Å²) in [6.07, 6.45) is 2.81.